The van der Waals surface area contributed by atoms with Gasteiger partial charge in [0, 0.05) is 5.56 Å². The molecular formula is C25H22N8O4. The van der Waals surface area contributed by atoms with Crippen LogP contribution in [0.3, 0.4) is 0 Å². The molecule has 1 aromatic heterocycles. The van der Waals surface area contributed by atoms with E-state index in [0.29, 0.717) is 34.0 Å². The first-order chi connectivity index (χ1) is 17.9. The normalized spacial score (nSPS) is 13.6. The molecule has 2 aromatic carbocycles. The fraction of sp³-hybridized carbons (Fsp3) is 0.160. The number of nitriles is 2. The molecule has 2 heterocycles. The van der Waals surface area contributed by atoms with Crippen LogP contribution in [0.5, 0.6) is 11.5 Å². The predicted octanol–water partition coefficient (Wildman–Crippen LogP) is 2.30. The Bertz CT molecular complexity index is 1440. The van der Waals surface area contributed by atoms with Crippen molar-refractivity contribution in [2.24, 2.45) is 4.99 Å². The van der Waals surface area contributed by atoms with Crippen LogP contribution < -0.4 is 31.6 Å². The number of pyridine rings is 1. The van der Waals surface area contributed by atoms with E-state index in [1.165, 1.54) is 7.11 Å². The maximum atomic E-state index is 11.5. The van der Waals surface area contributed by atoms with Gasteiger partial charge in [0.15, 0.2) is 6.19 Å². The maximum Gasteiger partial charge on any atom is 0.337 e. The monoisotopic (exact) mass is 498 g/mol. The Balaban J connectivity index is 1.50. The molecule has 1 aliphatic heterocycles. The zero-order valence-electron chi connectivity index (χ0n) is 19.7. The number of nitrogens with one attached hydrogen (secondary N) is 2. The second kappa shape index (κ2) is 10.8. The Morgan fingerprint density at radius 3 is 2.51 bits per heavy atom. The summed E-state index contributed by atoms with van der Waals surface area (Å²) < 4.78 is 16.2. The molecule has 37 heavy (non-hydrogen) atoms. The van der Waals surface area contributed by atoms with Crippen LogP contribution in [0.15, 0.2) is 53.5 Å². The van der Waals surface area contributed by atoms with Gasteiger partial charge in [-0.2, -0.15) is 10.5 Å². The lowest BCUT2D eigenvalue weighted by atomic mass is 9.95. The minimum Gasteiger partial charge on any atom is -0.490 e. The Labute approximate surface area is 212 Å². The topological polar surface area (TPSA) is 194 Å². The Morgan fingerprint density at radius 2 is 1.84 bits per heavy atom. The summed E-state index contributed by atoms with van der Waals surface area (Å²) in [5, 5.41) is 23.9. The number of carbonyl (C=O) groups excluding carboxylic acids is 1. The summed E-state index contributed by atoms with van der Waals surface area (Å²) in [6.45, 7) is 0.502. The van der Waals surface area contributed by atoms with Crippen LogP contribution in [0.1, 0.15) is 33.1 Å². The molecule has 1 unspecified atom stereocenters. The first-order valence-corrected chi connectivity index (χ1v) is 11.0. The Morgan fingerprint density at radius 1 is 1.11 bits per heavy atom. The van der Waals surface area contributed by atoms with E-state index < -0.39 is 12.0 Å². The van der Waals surface area contributed by atoms with Crippen LogP contribution in [0.4, 0.5) is 17.3 Å². The summed E-state index contributed by atoms with van der Waals surface area (Å²) in [5.41, 5.74) is 14.0. The van der Waals surface area contributed by atoms with E-state index in [9.17, 15) is 10.1 Å². The number of nitrogen functional groups attached to an aromatic ring is 2. The molecule has 0 saturated carbocycles. The van der Waals surface area contributed by atoms with Crippen molar-refractivity contribution in [3.63, 3.8) is 0 Å². The summed E-state index contributed by atoms with van der Waals surface area (Å²) in [4.78, 5) is 20.3. The number of ether oxygens (including phenoxy) is 3. The fourth-order valence-electron chi connectivity index (χ4n) is 3.72. The Hall–Kier alpha value is -5.49. The lowest BCUT2D eigenvalue weighted by Gasteiger charge is -2.26. The van der Waals surface area contributed by atoms with Gasteiger partial charge >= 0.3 is 5.97 Å². The molecule has 3 aromatic rings. The quantitative estimate of drug-likeness (QED) is 0.161. The summed E-state index contributed by atoms with van der Waals surface area (Å²) in [6.07, 6.45) is 1.82. The van der Waals surface area contributed by atoms with Gasteiger partial charge in [0.25, 0.3) is 0 Å². The van der Waals surface area contributed by atoms with E-state index in [2.05, 4.69) is 25.3 Å². The van der Waals surface area contributed by atoms with Crippen molar-refractivity contribution >= 4 is 29.3 Å². The number of guanidine groups is 1. The van der Waals surface area contributed by atoms with E-state index in [-0.39, 0.29) is 36.2 Å². The summed E-state index contributed by atoms with van der Waals surface area (Å²) >= 11 is 0. The number of nitrogens with zero attached hydrogens (tertiary/aromatic N) is 4. The number of nitrogens with two attached hydrogens (primary N) is 2. The SMILES string of the molecule is COC(=O)c1ccc(OCCOc2cccc(C3N=C(NC#N)Nc4nc(N)c(C#N)c(N)c43)c2)cc1. The van der Waals surface area contributed by atoms with Crippen molar-refractivity contribution in [1.82, 2.24) is 10.3 Å². The van der Waals surface area contributed by atoms with Crippen molar-refractivity contribution in [1.29, 1.82) is 10.5 Å². The van der Waals surface area contributed by atoms with Gasteiger partial charge in [-0.1, -0.05) is 12.1 Å². The first kappa shape index (κ1) is 24.6. The number of benzene rings is 2. The number of methoxy groups -OCH3 is 1. The van der Waals surface area contributed by atoms with E-state index >= 15 is 0 Å². The molecule has 6 N–H and O–H groups in total. The second-order valence-corrected chi connectivity index (χ2v) is 7.69. The van der Waals surface area contributed by atoms with Gasteiger partial charge < -0.3 is 31.0 Å². The van der Waals surface area contributed by atoms with Gasteiger partial charge in [-0.25, -0.2) is 14.8 Å². The molecule has 0 radical (unpaired) electrons. The van der Waals surface area contributed by atoms with E-state index in [1.54, 1.807) is 42.5 Å². The molecule has 0 aliphatic carbocycles. The lowest BCUT2D eigenvalue weighted by Crippen LogP contribution is -2.32. The highest BCUT2D eigenvalue weighted by Crippen LogP contribution is 2.41. The average molecular weight is 499 g/mol. The van der Waals surface area contributed by atoms with Crippen LogP contribution in [0.2, 0.25) is 0 Å². The highest BCUT2D eigenvalue weighted by Gasteiger charge is 2.29. The van der Waals surface area contributed by atoms with Gasteiger partial charge in [-0.3, -0.25) is 5.32 Å². The van der Waals surface area contributed by atoms with Crippen LogP contribution in [0.25, 0.3) is 0 Å². The summed E-state index contributed by atoms with van der Waals surface area (Å²) in [5.74, 6) is 1.14. The molecule has 12 heteroatoms. The van der Waals surface area contributed by atoms with Crippen molar-refractivity contribution < 1.29 is 19.0 Å². The highest BCUT2D eigenvalue weighted by atomic mass is 16.5. The molecule has 0 amide bonds. The number of hydrogen-bond donors (Lipinski definition) is 4. The smallest absolute Gasteiger partial charge is 0.337 e. The lowest BCUT2D eigenvalue weighted by molar-refractivity contribution is 0.0600. The number of esters is 1. The molecule has 4 rings (SSSR count). The predicted molar refractivity (Wildman–Crippen MR) is 135 cm³/mol. The molecule has 186 valence electrons. The number of rotatable bonds is 7. The molecule has 0 fully saturated rings. The molecule has 0 bridgehead atoms. The number of carbonyl (C=O) groups is 1. The molecular weight excluding hydrogens is 476 g/mol. The summed E-state index contributed by atoms with van der Waals surface area (Å²) in [6, 6.07) is 15.0. The van der Waals surface area contributed by atoms with Gasteiger partial charge in [0.2, 0.25) is 5.96 Å². The van der Waals surface area contributed by atoms with Gasteiger partial charge in [0.05, 0.1) is 18.4 Å². The van der Waals surface area contributed by atoms with Gasteiger partial charge in [0.1, 0.15) is 54.0 Å². The molecule has 0 spiro atoms. The van der Waals surface area contributed by atoms with Gasteiger partial charge in [-0.05, 0) is 42.0 Å². The number of aliphatic imine (C=N–C) groups is 1. The van der Waals surface area contributed by atoms with Crippen molar-refractivity contribution in [2.45, 2.75) is 6.04 Å². The summed E-state index contributed by atoms with van der Waals surface area (Å²) in [7, 11) is 1.32. The largest absolute Gasteiger partial charge is 0.490 e. The Kier molecular flexibility index (Phi) is 7.21. The van der Waals surface area contributed by atoms with E-state index in [4.69, 9.17) is 26.2 Å². The van der Waals surface area contributed by atoms with Crippen LogP contribution in [0, 0.1) is 22.8 Å². The van der Waals surface area contributed by atoms with Crippen molar-refractivity contribution in [3.05, 3.63) is 70.8 Å². The van der Waals surface area contributed by atoms with Crippen molar-refractivity contribution in [2.75, 3.05) is 37.1 Å². The van der Waals surface area contributed by atoms with Crippen LogP contribution in [-0.4, -0.2) is 37.2 Å². The first-order valence-electron chi connectivity index (χ1n) is 11.0. The second-order valence-electron chi connectivity index (χ2n) is 7.69. The average Bonchev–Trinajstić information content (AvgIpc) is 2.91. The standard InChI is InChI=1S/C25H22N8O4/c1-35-24(34)14-5-7-16(8-6-14)36-9-10-37-17-4-2-3-15(11-17)21-19-20(28)18(12-26)22(29)32-23(19)33-25(31-21)30-13-27/h2-8,11,21H,9-10H2,1H3,(H6,28,29,30,31,32,33). The zero-order valence-corrected chi connectivity index (χ0v) is 19.7. The zero-order chi connectivity index (χ0) is 26.4. The molecule has 1 aliphatic rings. The molecule has 0 saturated heterocycles. The van der Waals surface area contributed by atoms with Crippen molar-refractivity contribution in [3.8, 4) is 23.8 Å². The van der Waals surface area contributed by atoms with Crippen LogP contribution in [-0.2, 0) is 4.74 Å². The molecule has 12 nitrogen and oxygen atoms in total. The third-order valence-electron chi connectivity index (χ3n) is 5.43. The number of hydrogen-bond acceptors (Lipinski definition) is 12. The van der Waals surface area contributed by atoms with Crippen LogP contribution >= 0.6 is 0 Å². The minimum absolute atomic E-state index is 0.0276. The third kappa shape index (κ3) is 5.28. The van der Waals surface area contributed by atoms with Gasteiger partial charge in [-0.15, -0.1) is 0 Å². The minimum atomic E-state index is -0.680. The number of aromatic nitrogens is 1. The van der Waals surface area contributed by atoms with E-state index in [0.717, 1.165) is 0 Å². The number of anilines is 3. The van der Waals surface area contributed by atoms with E-state index in [1.807, 2.05) is 18.3 Å². The molecule has 1 atom stereocenters. The number of fused-ring (bicyclic) bond motifs is 1. The third-order valence-corrected chi connectivity index (χ3v) is 5.43. The maximum absolute atomic E-state index is 11.5. The fourth-order valence-corrected chi connectivity index (χ4v) is 3.72. The highest BCUT2D eigenvalue weighted by molar-refractivity contribution is 5.98.